The van der Waals surface area contributed by atoms with Gasteiger partial charge in [-0.1, -0.05) is 115 Å². The van der Waals surface area contributed by atoms with Crippen molar-refractivity contribution in [2.24, 2.45) is 0 Å². The lowest BCUT2D eigenvalue weighted by molar-refractivity contribution is -0.115. The number of aromatic nitrogens is 1. The molecular weight excluding hydrogens is 697 g/mol. The van der Waals surface area contributed by atoms with Gasteiger partial charge in [0.15, 0.2) is 5.13 Å². The average molecular weight is 731 g/mol. The molecule has 7 rings (SSSR count). The summed E-state index contributed by atoms with van der Waals surface area (Å²) in [6.07, 6.45) is 1.65. The monoisotopic (exact) mass is 730 g/mol. The van der Waals surface area contributed by atoms with Crippen LogP contribution in [-0.2, 0) is 9.59 Å². The van der Waals surface area contributed by atoms with Crippen LogP contribution < -0.4 is 16.0 Å². The molecule has 0 saturated carbocycles. The highest BCUT2D eigenvalue weighted by Gasteiger charge is 2.19. The summed E-state index contributed by atoms with van der Waals surface area (Å²) in [4.78, 5) is 45.5. The molecular formula is C44H34N4O3S2. The summed E-state index contributed by atoms with van der Waals surface area (Å²) in [6.45, 7) is 1.83. The lowest BCUT2D eigenvalue weighted by Gasteiger charge is -2.14. The van der Waals surface area contributed by atoms with Crippen LogP contribution in [0, 0.1) is 0 Å². The van der Waals surface area contributed by atoms with Crippen molar-refractivity contribution in [3.05, 3.63) is 174 Å². The molecule has 7 nitrogen and oxygen atoms in total. The lowest BCUT2D eigenvalue weighted by Crippen LogP contribution is -2.30. The van der Waals surface area contributed by atoms with Gasteiger partial charge in [-0.15, -0.1) is 23.1 Å². The van der Waals surface area contributed by atoms with Crippen molar-refractivity contribution in [2.45, 2.75) is 17.1 Å². The number of fused-ring (bicyclic) bond motifs is 1. The molecule has 260 valence electrons. The number of nitrogens with zero attached hydrogens (tertiary/aromatic N) is 1. The molecule has 0 aliphatic carbocycles. The van der Waals surface area contributed by atoms with E-state index in [0.29, 0.717) is 16.4 Å². The second-order valence-electron chi connectivity index (χ2n) is 12.2. The van der Waals surface area contributed by atoms with Gasteiger partial charge in [0.2, 0.25) is 5.91 Å². The highest BCUT2D eigenvalue weighted by molar-refractivity contribution is 8.00. The van der Waals surface area contributed by atoms with Crippen molar-refractivity contribution in [3.63, 3.8) is 0 Å². The molecule has 0 saturated heterocycles. The summed E-state index contributed by atoms with van der Waals surface area (Å²) in [6, 6.07) is 48.2. The Morgan fingerprint density at radius 1 is 0.679 bits per heavy atom. The summed E-state index contributed by atoms with van der Waals surface area (Å²) >= 11 is 2.75. The molecule has 1 heterocycles. The van der Waals surface area contributed by atoms with Crippen LogP contribution in [0.15, 0.2) is 168 Å². The summed E-state index contributed by atoms with van der Waals surface area (Å²) in [7, 11) is 0. The molecule has 0 aliphatic rings. The summed E-state index contributed by atoms with van der Waals surface area (Å²) in [5.41, 5.74) is 5.69. The maximum absolute atomic E-state index is 13.7. The van der Waals surface area contributed by atoms with Gasteiger partial charge in [-0.2, -0.15) is 0 Å². The zero-order valence-corrected chi connectivity index (χ0v) is 30.3. The molecule has 3 amide bonds. The molecule has 1 aromatic heterocycles. The number of nitrogens with one attached hydrogen (secondary N) is 3. The SMILES string of the molecule is CC(Sc1cccc(NC(=O)/C(=C\c2ccc(-c3ccccc3)cc2)NC(=O)c2ccccc2)c1)C(=O)Nc1nc(-c2ccc3ccccc3c2)cs1. The Labute approximate surface area is 315 Å². The second-order valence-corrected chi connectivity index (χ2v) is 14.5. The van der Waals surface area contributed by atoms with Crippen LogP contribution in [0.1, 0.15) is 22.8 Å². The number of benzene rings is 6. The largest absolute Gasteiger partial charge is 0.321 e. The van der Waals surface area contributed by atoms with Crippen molar-refractivity contribution in [1.82, 2.24) is 10.3 Å². The maximum atomic E-state index is 13.7. The van der Waals surface area contributed by atoms with Crippen molar-refractivity contribution < 1.29 is 14.4 Å². The van der Waals surface area contributed by atoms with Crippen molar-refractivity contribution >= 4 is 68.5 Å². The van der Waals surface area contributed by atoms with E-state index in [9.17, 15) is 14.4 Å². The Kier molecular flexibility index (Phi) is 10.9. The first-order valence-corrected chi connectivity index (χ1v) is 18.7. The van der Waals surface area contributed by atoms with Gasteiger partial charge < -0.3 is 16.0 Å². The Morgan fingerprint density at radius 3 is 2.13 bits per heavy atom. The molecule has 3 N–H and O–H groups in total. The van der Waals surface area contributed by atoms with Gasteiger partial charge in [0.1, 0.15) is 5.70 Å². The first-order valence-electron chi connectivity index (χ1n) is 17.0. The van der Waals surface area contributed by atoms with E-state index in [-0.39, 0.29) is 11.6 Å². The maximum Gasteiger partial charge on any atom is 0.272 e. The lowest BCUT2D eigenvalue weighted by atomic mass is 10.0. The first-order chi connectivity index (χ1) is 25.9. The fourth-order valence-corrected chi connectivity index (χ4v) is 7.28. The smallest absolute Gasteiger partial charge is 0.272 e. The number of thiazole rings is 1. The number of carbonyl (C=O) groups is 3. The van der Waals surface area contributed by atoms with Gasteiger partial charge in [-0.05, 0) is 76.9 Å². The van der Waals surface area contributed by atoms with Crippen molar-refractivity contribution in [1.29, 1.82) is 0 Å². The van der Waals surface area contributed by atoms with Crippen molar-refractivity contribution in [3.8, 4) is 22.4 Å². The van der Waals surface area contributed by atoms with Gasteiger partial charge in [-0.25, -0.2) is 4.98 Å². The van der Waals surface area contributed by atoms with E-state index in [2.05, 4.69) is 45.2 Å². The molecule has 53 heavy (non-hydrogen) atoms. The average Bonchev–Trinajstić information content (AvgIpc) is 3.67. The third-order valence-corrected chi connectivity index (χ3v) is 10.3. The number of rotatable bonds is 11. The number of anilines is 2. The van der Waals surface area contributed by atoms with E-state index in [1.807, 2.05) is 103 Å². The van der Waals surface area contributed by atoms with Crippen LogP contribution in [0.2, 0.25) is 0 Å². The van der Waals surface area contributed by atoms with Crippen molar-refractivity contribution in [2.75, 3.05) is 10.6 Å². The van der Waals surface area contributed by atoms with E-state index in [1.54, 1.807) is 42.5 Å². The molecule has 0 fully saturated rings. The van der Waals surface area contributed by atoms with Crippen LogP contribution in [0.4, 0.5) is 10.8 Å². The Bertz CT molecular complexity index is 2430. The summed E-state index contributed by atoms with van der Waals surface area (Å²) in [5.74, 6) is -1.07. The van der Waals surface area contributed by atoms with Gasteiger partial charge >= 0.3 is 0 Å². The van der Waals surface area contributed by atoms with Gasteiger partial charge in [0.05, 0.1) is 10.9 Å². The van der Waals surface area contributed by atoms with E-state index >= 15 is 0 Å². The molecule has 1 atom stereocenters. The third-order valence-electron chi connectivity index (χ3n) is 8.41. The summed E-state index contributed by atoms with van der Waals surface area (Å²) in [5, 5.41) is 13.0. The zero-order chi connectivity index (χ0) is 36.6. The molecule has 7 aromatic rings. The normalized spacial score (nSPS) is 11.8. The number of amides is 3. The fraction of sp³-hybridized carbons (Fsp3) is 0.0455. The first kappa shape index (κ1) is 35.1. The molecule has 6 aromatic carbocycles. The molecule has 1 unspecified atom stereocenters. The third kappa shape index (κ3) is 8.96. The topological polar surface area (TPSA) is 100 Å². The number of hydrogen-bond acceptors (Lipinski definition) is 6. The molecule has 0 bridgehead atoms. The Morgan fingerprint density at radius 2 is 1.36 bits per heavy atom. The van der Waals surface area contributed by atoms with E-state index < -0.39 is 17.1 Å². The standard InChI is InChI=1S/C44H34N4O3S2/c1-29(41(49)48-44-47-40(28-52-44)36-24-23-32-13-8-9-16-35(32)26-36)53-38-18-10-17-37(27-38)45-43(51)39(46-42(50)34-14-6-3-7-15-34)25-30-19-21-33(22-20-30)31-11-4-2-5-12-31/h2-29H,1H3,(H,45,51)(H,46,50)(H,47,48,49)/b39-25+. The van der Waals surface area contributed by atoms with Gasteiger partial charge in [0.25, 0.3) is 11.8 Å². The number of carbonyl (C=O) groups excluding carboxylic acids is 3. The van der Waals surface area contributed by atoms with Crippen LogP contribution >= 0.6 is 23.1 Å². The Hall–Kier alpha value is -6.29. The van der Waals surface area contributed by atoms with Crippen LogP contribution in [0.3, 0.4) is 0 Å². The fourth-order valence-electron chi connectivity index (χ4n) is 5.63. The zero-order valence-electron chi connectivity index (χ0n) is 28.7. The van der Waals surface area contributed by atoms with E-state index in [4.69, 9.17) is 0 Å². The minimum Gasteiger partial charge on any atom is -0.321 e. The second kappa shape index (κ2) is 16.4. The predicted molar refractivity (Wildman–Crippen MR) is 218 cm³/mol. The minimum atomic E-state index is -0.486. The number of hydrogen-bond donors (Lipinski definition) is 3. The molecule has 9 heteroatoms. The Balaban J connectivity index is 1.02. The van der Waals surface area contributed by atoms with Crippen LogP contribution in [-0.4, -0.2) is 28.0 Å². The van der Waals surface area contributed by atoms with Gasteiger partial charge in [0, 0.05) is 27.1 Å². The molecule has 0 radical (unpaired) electrons. The molecule has 0 aliphatic heterocycles. The summed E-state index contributed by atoms with van der Waals surface area (Å²) < 4.78 is 0. The van der Waals surface area contributed by atoms with Gasteiger partial charge in [-0.3, -0.25) is 14.4 Å². The highest BCUT2D eigenvalue weighted by Crippen LogP contribution is 2.30. The van der Waals surface area contributed by atoms with E-state index in [1.165, 1.54) is 23.1 Å². The quantitative estimate of drug-likeness (QED) is 0.0909. The highest BCUT2D eigenvalue weighted by atomic mass is 32.2. The van der Waals surface area contributed by atoms with Crippen LogP contribution in [0.25, 0.3) is 39.2 Å². The minimum absolute atomic E-state index is 0.0867. The van der Waals surface area contributed by atoms with E-state index in [0.717, 1.165) is 43.6 Å². The number of thioether (sulfide) groups is 1. The molecule has 0 spiro atoms. The van der Waals surface area contributed by atoms with Crippen LogP contribution in [0.5, 0.6) is 0 Å². The predicted octanol–water partition coefficient (Wildman–Crippen LogP) is 10.2.